The Morgan fingerprint density at radius 1 is 1.12 bits per heavy atom. The van der Waals surface area contributed by atoms with Gasteiger partial charge in [-0.3, -0.25) is 4.98 Å². The van der Waals surface area contributed by atoms with Gasteiger partial charge in [-0.15, -0.1) is 5.11 Å². The van der Waals surface area contributed by atoms with Gasteiger partial charge in [-0.25, -0.2) is 9.37 Å². The summed E-state index contributed by atoms with van der Waals surface area (Å²) in [6, 6.07) is 9.09. The van der Waals surface area contributed by atoms with Gasteiger partial charge in [-0.05, 0) is 43.9 Å². The summed E-state index contributed by atoms with van der Waals surface area (Å²) >= 11 is 0. The van der Waals surface area contributed by atoms with Crippen LogP contribution in [0, 0.1) is 5.82 Å². The maximum atomic E-state index is 14.1. The lowest BCUT2D eigenvalue weighted by molar-refractivity contribution is 0.122. The van der Waals surface area contributed by atoms with E-state index in [1.54, 1.807) is 18.3 Å². The van der Waals surface area contributed by atoms with E-state index in [-0.39, 0.29) is 24.1 Å². The third-order valence-corrected chi connectivity index (χ3v) is 5.01. The van der Waals surface area contributed by atoms with Gasteiger partial charge in [0.25, 0.3) is 5.95 Å². The summed E-state index contributed by atoms with van der Waals surface area (Å²) in [5, 5.41) is 21.4. The normalized spacial score (nSPS) is 14.2. The van der Waals surface area contributed by atoms with Crippen molar-refractivity contribution in [1.29, 1.82) is 0 Å². The summed E-state index contributed by atoms with van der Waals surface area (Å²) in [7, 11) is 3.95. The number of azo groups is 1. The van der Waals surface area contributed by atoms with E-state index in [0.29, 0.717) is 32.0 Å². The molecule has 1 aromatic carbocycles. The van der Waals surface area contributed by atoms with Gasteiger partial charge in [0.1, 0.15) is 12.3 Å². The molecule has 0 saturated carbocycles. The molecule has 1 aliphatic rings. The van der Waals surface area contributed by atoms with Crippen LogP contribution in [0.5, 0.6) is 5.75 Å². The van der Waals surface area contributed by atoms with Crippen molar-refractivity contribution in [3.8, 4) is 5.75 Å². The summed E-state index contributed by atoms with van der Waals surface area (Å²) in [5.41, 5.74) is 3.25. The number of benzene rings is 1. The number of ether oxygens (including phenoxy) is 1. The average molecular weight is 467 g/mol. The fourth-order valence-corrected chi connectivity index (χ4v) is 3.53. The van der Waals surface area contributed by atoms with E-state index in [0.717, 1.165) is 29.7 Å². The lowest BCUT2D eigenvalue weighted by atomic mass is 10.1. The highest BCUT2D eigenvalue weighted by Gasteiger charge is 2.17. The summed E-state index contributed by atoms with van der Waals surface area (Å²) in [6.45, 7) is 3.13. The van der Waals surface area contributed by atoms with Gasteiger partial charge in [0, 0.05) is 31.4 Å². The first-order chi connectivity index (χ1) is 16.5. The van der Waals surface area contributed by atoms with Crippen LogP contribution in [0.2, 0.25) is 0 Å². The highest BCUT2D eigenvalue weighted by molar-refractivity contribution is 5.61. The molecule has 0 bridgehead atoms. The van der Waals surface area contributed by atoms with Crippen molar-refractivity contribution in [2.24, 2.45) is 10.2 Å². The molecule has 0 unspecified atom stereocenters. The standard InChI is InChI=1S/C23H27FN8O2/c1-31(2)15-16-9-19(11-20(33)10-16)28-18-4-3-17(25-12-18)13-27-30-23-26-14-21(24)22(29-23)32-5-7-34-8-6-32/h3-4,9-12,14,28,33H,5-8,13,15H2,1-2H3. The van der Waals surface area contributed by atoms with Gasteiger partial charge < -0.3 is 25.0 Å². The number of aromatic nitrogens is 3. The number of phenols is 1. The third-order valence-electron chi connectivity index (χ3n) is 5.01. The SMILES string of the molecule is CN(C)Cc1cc(O)cc(Nc2ccc(CN=Nc3ncc(F)c(N4CCOCC4)n3)nc2)c1. The Balaban J connectivity index is 1.37. The molecule has 2 aromatic heterocycles. The quantitative estimate of drug-likeness (QED) is 0.484. The van der Waals surface area contributed by atoms with Crippen LogP contribution in [0.3, 0.4) is 0 Å². The number of aromatic hydroxyl groups is 1. The summed E-state index contributed by atoms with van der Waals surface area (Å²) in [6.07, 6.45) is 2.79. The van der Waals surface area contributed by atoms with Crippen LogP contribution < -0.4 is 10.2 Å². The van der Waals surface area contributed by atoms with Crippen molar-refractivity contribution >= 4 is 23.1 Å². The van der Waals surface area contributed by atoms with Gasteiger partial charge in [-0.2, -0.15) is 10.1 Å². The Morgan fingerprint density at radius 2 is 1.94 bits per heavy atom. The third kappa shape index (κ3) is 6.42. The van der Waals surface area contributed by atoms with Crippen molar-refractivity contribution in [3.05, 3.63) is 59.8 Å². The maximum Gasteiger partial charge on any atom is 0.270 e. The summed E-state index contributed by atoms with van der Waals surface area (Å²) < 4.78 is 19.4. The highest BCUT2D eigenvalue weighted by atomic mass is 19.1. The van der Waals surface area contributed by atoms with Crippen molar-refractivity contribution in [2.75, 3.05) is 50.6 Å². The lowest BCUT2D eigenvalue weighted by Gasteiger charge is -2.27. The first-order valence-corrected chi connectivity index (χ1v) is 10.9. The van der Waals surface area contributed by atoms with Crippen LogP contribution in [0.1, 0.15) is 11.3 Å². The highest BCUT2D eigenvalue weighted by Crippen LogP contribution is 2.24. The molecular formula is C23H27FN8O2. The van der Waals surface area contributed by atoms with E-state index in [2.05, 4.69) is 30.5 Å². The fourth-order valence-electron chi connectivity index (χ4n) is 3.53. The number of nitrogens with one attached hydrogen (secondary N) is 1. The van der Waals surface area contributed by atoms with E-state index in [4.69, 9.17) is 4.74 Å². The molecule has 1 aliphatic heterocycles. The van der Waals surface area contributed by atoms with Crippen LogP contribution in [-0.4, -0.2) is 65.4 Å². The van der Waals surface area contributed by atoms with Crippen LogP contribution >= 0.6 is 0 Å². The second-order valence-corrected chi connectivity index (χ2v) is 8.13. The molecule has 1 saturated heterocycles. The van der Waals surface area contributed by atoms with Crippen LogP contribution in [-0.2, 0) is 17.8 Å². The van der Waals surface area contributed by atoms with Crippen molar-refractivity contribution in [2.45, 2.75) is 13.1 Å². The molecule has 0 aliphatic carbocycles. The molecule has 34 heavy (non-hydrogen) atoms. The predicted octanol–water partition coefficient (Wildman–Crippen LogP) is 3.64. The molecule has 0 atom stereocenters. The minimum atomic E-state index is -0.494. The van der Waals surface area contributed by atoms with Crippen molar-refractivity contribution in [1.82, 2.24) is 19.9 Å². The first-order valence-electron chi connectivity index (χ1n) is 10.9. The molecule has 10 nitrogen and oxygen atoms in total. The minimum absolute atomic E-state index is 0.0959. The Hall–Kier alpha value is -3.70. The molecule has 0 radical (unpaired) electrons. The zero-order valence-electron chi connectivity index (χ0n) is 19.1. The van der Waals surface area contributed by atoms with Crippen molar-refractivity contribution in [3.63, 3.8) is 0 Å². The smallest absolute Gasteiger partial charge is 0.270 e. The first kappa shape index (κ1) is 23.5. The average Bonchev–Trinajstić information content (AvgIpc) is 2.81. The topological polar surface area (TPSA) is 111 Å². The number of pyridine rings is 1. The maximum absolute atomic E-state index is 14.1. The van der Waals surface area contributed by atoms with Gasteiger partial charge >= 0.3 is 0 Å². The molecular weight excluding hydrogens is 439 g/mol. The number of morpholine rings is 1. The summed E-state index contributed by atoms with van der Waals surface area (Å²) in [5.74, 6) is 0.0119. The van der Waals surface area contributed by atoms with Crippen LogP contribution in [0.15, 0.2) is 53.0 Å². The largest absolute Gasteiger partial charge is 0.508 e. The molecule has 2 N–H and O–H groups in total. The predicted molar refractivity (Wildman–Crippen MR) is 126 cm³/mol. The van der Waals surface area contributed by atoms with E-state index in [9.17, 15) is 9.50 Å². The van der Waals surface area contributed by atoms with Gasteiger partial charge in [0.05, 0.1) is 37.0 Å². The molecule has 3 heterocycles. The lowest BCUT2D eigenvalue weighted by Crippen LogP contribution is -2.37. The second-order valence-electron chi connectivity index (χ2n) is 8.13. The number of hydrogen-bond donors (Lipinski definition) is 2. The van der Waals surface area contributed by atoms with E-state index >= 15 is 0 Å². The monoisotopic (exact) mass is 466 g/mol. The fraction of sp³-hybridized carbons (Fsp3) is 0.348. The van der Waals surface area contributed by atoms with Gasteiger partial charge in [0.2, 0.25) is 0 Å². The minimum Gasteiger partial charge on any atom is -0.508 e. The Bertz CT molecular complexity index is 1130. The molecule has 3 aromatic rings. The van der Waals surface area contributed by atoms with Crippen molar-refractivity contribution < 1.29 is 14.2 Å². The molecule has 0 spiro atoms. The molecule has 1 fully saturated rings. The van der Waals surface area contributed by atoms with Crippen LogP contribution in [0.4, 0.5) is 27.5 Å². The Kier molecular flexibility index (Phi) is 7.55. The zero-order valence-corrected chi connectivity index (χ0v) is 19.1. The molecule has 178 valence electrons. The van der Waals surface area contributed by atoms with Crippen LogP contribution in [0.25, 0.3) is 0 Å². The Labute approximate surface area is 197 Å². The number of nitrogens with zero attached hydrogens (tertiary/aromatic N) is 7. The van der Waals surface area contributed by atoms with E-state index < -0.39 is 5.82 Å². The van der Waals surface area contributed by atoms with E-state index in [1.807, 2.05) is 42.1 Å². The number of halogens is 1. The van der Waals surface area contributed by atoms with Gasteiger partial charge in [0.15, 0.2) is 11.6 Å². The number of rotatable bonds is 8. The van der Waals surface area contributed by atoms with Gasteiger partial charge in [-0.1, -0.05) is 0 Å². The second kappa shape index (κ2) is 10.9. The number of anilines is 3. The molecule has 4 rings (SSSR count). The Morgan fingerprint density at radius 3 is 2.68 bits per heavy atom. The van der Waals surface area contributed by atoms with E-state index in [1.165, 1.54) is 0 Å². The number of phenolic OH excluding ortho intramolecular Hbond substituents is 1. The number of hydrogen-bond acceptors (Lipinski definition) is 10. The zero-order chi connectivity index (χ0) is 23.9. The molecule has 11 heteroatoms. The molecule has 0 amide bonds. The summed E-state index contributed by atoms with van der Waals surface area (Å²) in [4.78, 5) is 16.3.